The van der Waals surface area contributed by atoms with Gasteiger partial charge in [-0.25, -0.2) is 19.6 Å². The quantitative estimate of drug-likeness (QED) is 0.679. The number of nitrogen functional groups attached to an aromatic ring is 1. The van der Waals surface area contributed by atoms with E-state index in [4.69, 9.17) is 5.73 Å². The zero-order valence-electron chi connectivity index (χ0n) is 6.83. The van der Waals surface area contributed by atoms with Crippen LogP contribution in [0.25, 0.3) is 0 Å². The molecule has 2 aromatic rings. The Morgan fingerprint density at radius 2 is 2.31 bits per heavy atom. The lowest BCUT2D eigenvalue weighted by molar-refractivity contribution is 0.671. The smallest absolute Gasteiger partial charge is 0.239 e. The van der Waals surface area contributed by atoms with E-state index in [-0.39, 0.29) is 5.95 Å². The van der Waals surface area contributed by atoms with Gasteiger partial charge in [-0.15, -0.1) is 5.10 Å². The molecule has 0 aliphatic carbocycles. The van der Waals surface area contributed by atoms with Gasteiger partial charge in [0.1, 0.15) is 12.7 Å². The van der Waals surface area contributed by atoms with Gasteiger partial charge in [0.05, 0.1) is 12.2 Å². The van der Waals surface area contributed by atoms with E-state index in [0.717, 1.165) is 5.69 Å². The van der Waals surface area contributed by atoms with E-state index in [0.29, 0.717) is 6.54 Å². The maximum Gasteiger partial charge on any atom is 0.239 e. The summed E-state index contributed by atoms with van der Waals surface area (Å²) in [4.78, 5) is 11.7. The Balaban J connectivity index is 2.15. The summed E-state index contributed by atoms with van der Waals surface area (Å²) in [5.41, 5.74) is 6.23. The molecule has 0 aliphatic heterocycles. The van der Waals surface area contributed by atoms with Gasteiger partial charge in [0.15, 0.2) is 0 Å². The third-order valence-corrected chi connectivity index (χ3v) is 1.52. The molecule has 0 fully saturated rings. The van der Waals surface area contributed by atoms with Gasteiger partial charge in [-0.3, -0.25) is 0 Å². The predicted molar refractivity (Wildman–Crippen MR) is 45.6 cm³/mol. The van der Waals surface area contributed by atoms with Crippen molar-refractivity contribution in [1.29, 1.82) is 0 Å². The lowest BCUT2D eigenvalue weighted by Gasteiger charge is -1.97. The van der Waals surface area contributed by atoms with E-state index >= 15 is 0 Å². The number of aromatic nitrogens is 5. The van der Waals surface area contributed by atoms with Gasteiger partial charge in [0.25, 0.3) is 0 Å². The molecule has 0 radical (unpaired) electrons. The minimum atomic E-state index is 0.272. The molecule has 0 aliphatic rings. The maximum atomic E-state index is 5.36. The van der Waals surface area contributed by atoms with Crippen LogP contribution in [0.5, 0.6) is 0 Å². The van der Waals surface area contributed by atoms with Crippen molar-refractivity contribution < 1.29 is 0 Å². The molecule has 2 heterocycles. The molecule has 0 saturated heterocycles. The minimum absolute atomic E-state index is 0.272. The van der Waals surface area contributed by atoms with Crippen molar-refractivity contribution >= 4 is 5.95 Å². The largest absolute Gasteiger partial charge is 0.367 e. The van der Waals surface area contributed by atoms with Crippen molar-refractivity contribution in [3.05, 3.63) is 30.6 Å². The Bertz CT molecular complexity index is 381. The molecule has 6 heteroatoms. The van der Waals surface area contributed by atoms with E-state index in [1.807, 2.05) is 6.07 Å². The first-order valence-electron chi connectivity index (χ1n) is 3.74. The van der Waals surface area contributed by atoms with Gasteiger partial charge < -0.3 is 5.73 Å². The number of anilines is 1. The molecule has 0 spiro atoms. The van der Waals surface area contributed by atoms with Gasteiger partial charge in [-0.2, -0.15) is 0 Å². The Morgan fingerprint density at radius 1 is 1.38 bits per heavy atom. The zero-order chi connectivity index (χ0) is 9.10. The van der Waals surface area contributed by atoms with E-state index in [2.05, 4.69) is 20.1 Å². The zero-order valence-corrected chi connectivity index (χ0v) is 6.83. The average molecular weight is 176 g/mol. The third-order valence-electron chi connectivity index (χ3n) is 1.52. The average Bonchev–Trinajstić information content (AvgIpc) is 2.53. The molecule has 0 saturated carbocycles. The Morgan fingerprint density at radius 3 is 2.92 bits per heavy atom. The van der Waals surface area contributed by atoms with Crippen LogP contribution in [0.2, 0.25) is 0 Å². The summed E-state index contributed by atoms with van der Waals surface area (Å²) >= 11 is 0. The van der Waals surface area contributed by atoms with Crippen LogP contribution in [0.4, 0.5) is 5.95 Å². The van der Waals surface area contributed by atoms with Crippen molar-refractivity contribution in [3.63, 3.8) is 0 Å². The van der Waals surface area contributed by atoms with Gasteiger partial charge >= 0.3 is 0 Å². The molecule has 0 aromatic carbocycles. The topological polar surface area (TPSA) is 82.5 Å². The van der Waals surface area contributed by atoms with E-state index in [1.54, 1.807) is 17.2 Å². The normalized spacial score (nSPS) is 10.2. The Kier molecular flexibility index (Phi) is 1.87. The lowest BCUT2D eigenvalue weighted by atomic mass is 10.4. The van der Waals surface area contributed by atoms with Crippen molar-refractivity contribution in [2.24, 2.45) is 0 Å². The van der Waals surface area contributed by atoms with Gasteiger partial charge in [-0.05, 0) is 6.07 Å². The number of rotatable bonds is 2. The van der Waals surface area contributed by atoms with E-state index in [9.17, 15) is 0 Å². The van der Waals surface area contributed by atoms with Crippen LogP contribution in [0.15, 0.2) is 24.9 Å². The molecular formula is C7H8N6. The summed E-state index contributed by atoms with van der Waals surface area (Å²) < 4.78 is 1.62. The molecule has 2 N–H and O–H groups in total. The van der Waals surface area contributed by atoms with Crippen LogP contribution < -0.4 is 5.73 Å². The summed E-state index contributed by atoms with van der Waals surface area (Å²) in [6.07, 6.45) is 4.75. The molecule has 2 rings (SSSR count). The molecular weight excluding hydrogens is 168 g/mol. The van der Waals surface area contributed by atoms with Crippen LogP contribution in [-0.4, -0.2) is 24.7 Å². The van der Waals surface area contributed by atoms with Crippen LogP contribution >= 0.6 is 0 Å². The van der Waals surface area contributed by atoms with Gasteiger partial charge in [0.2, 0.25) is 5.95 Å². The molecule has 0 bridgehead atoms. The van der Waals surface area contributed by atoms with Crippen molar-refractivity contribution in [3.8, 4) is 0 Å². The third kappa shape index (κ3) is 1.78. The van der Waals surface area contributed by atoms with Crippen LogP contribution in [0.3, 0.4) is 0 Å². The monoisotopic (exact) mass is 176 g/mol. The highest BCUT2D eigenvalue weighted by molar-refractivity contribution is 5.10. The molecule has 66 valence electrons. The number of nitrogens with zero attached hydrogens (tertiary/aromatic N) is 5. The van der Waals surface area contributed by atoms with E-state index < -0.39 is 0 Å². The lowest BCUT2D eigenvalue weighted by Crippen LogP contribution is -2.02. The molecule has 13 heavy (non-hydrogen) atoms. The summed E-state index contributed by atoms with van der Waals surface area (Å²) in [6, 6.07) is 1.82. The van der Waals surface area contributed by atoms with Crippen molar-refractivity contribution in [1.82, 2.24) is 24.7 Å². The van der Waals surface area contributed by atoms with Gasteiger partial charge in [0, 0.05) is 6.20 Å². The highest BCUT2D eigenvalue weighted by atomic mass is 15.4. The maximum absolute atomic E-state index is 5.36. The fourth-order valence-electron chi connectivity index (χ4n) is 0.963. The number of nitrogens with two attached hydrogens (primary N) is 1. The SMILES string of the molecule is Nc1ncn(Cc2ccncn2)n1. The minimum Gasteiger partial charge on any atom is -0.367 e. The summed E-state index contributed by atoms with van der Waals surface area (Å²) in [6.45, 7) is 0.562. The van der Waals surface area contributed by atoms with E-state index in [1.165, 1.54) is 6.33 Å². The first-order chi connectivity index (χ1) is 6.34. The van der Waals surface area contributed by atoms with Crippen LogP contribution in [0, 0.1) is 0 Å². The summed E-state index contributed by atoms with van der Waals surface area (Å²) in [5.74, 6) is 0.272. The van der Waals surface area contributed by atoms with Crippen LogP contribution in [-0.2, 0) is 6.54 Å². The second-order valence-corrected chi connectivity index (χ2v) is 2.50. The molecule has 2 aromatic heterocycles. The standard InChI is InChI=1S/C7H8N6/c8-7-11-5-13(12-7)3-6-1-2-9-4-10-6/h1-2,4-5H,3H2,(H2,8,12). The highest BCUT2D eigenvalue weighted by Gasteiger charge is 1.97. The first-order valence-corrected chi connectivity index (χ1v) is 3.74. The highest BCUT2D eigenvalue weighted by Crippen LogP contribution is 1.96. The number of hydrogen-bond donors (Lipinski definition) is 1. The van der Waals surface area contributed by atoms with Crippen LogP contribution in [0.1, 0.15) is 5.69 Å². The summed E-state index contributed by atoms with van der Waals surface area (Å²) in [5, 5.41) is 3.93. The van der Waals surface area contributed by atoms with Crippen molar-refractivity contribution in [2.45, 2.75) is 6.54 Å². The Hall–Kier alpha value is -1.98. The fraction of sp³-hybridized carbons (Fsp3) is 0.143. The molecule has 0 atom stereocenters. The summed E-state index contributed by atoms with van der Waals surface area (Å²) in [7, 11) is 0. The second kappa shape index (κ2) is 3.18. The predicted octanol–water partition coefficient (Wildman–Crippen LogP) is -0.301. The molecule has 0 unspecified atom stereocenters. The second-order valence-electron chi connectivity index (χ2n) is 2.50. The first kappa shape index (κ1) is 7.66. The number of hydrogen-bond acceptors (Lipinski definition) is 5. The fourth-order valence-corrected chi connectivity index (χ4v) is 0.963. The van der Waals surface area contributed by atoms with Gasteiger partial charge in [-0.1, -0.05) is 0 Å². The molecule has 6 nitrogen and oxygen atoms in total. The Labute approximate surface area is 74.5 Å². The van der Waals surface area contributed by atoms with Crippen molar-refractivity contribution in [2.75, 3.05) is 5.73 Å². The molecule has 0 amide bonds.